The first-order valence-corrected chi connectivity index (χ1v) is 12.5. The number of amides is 1. The maximum absolute atomic E-state index is 14.0. The zero-order valence-corrected chi connectivity index (χ0v) is 20.0. The van der Waals surface area contributed by atoms with Gasteiger partial charge in [-0.25, -0.2) is 0 Å². The Bertz CT molecular complexity index is 1310. The number of aryl methyl sites for hydroxylation is 1. The maximum Gasteiger partial charge on any atom is 0.256 e. The van der Waals surface area contributed by atoms with Gasteiger partial charge in [0.25, 0.3) is 5.91 Å². The first-order chi connectivity index (χ1) is 16.6. The van der Waals surface area contributed by atoms with Gasteiger partial charge in [-0.2, -0.15) is 0 Å². The zero-order valence-electron chi connectivity index (χ0n) is 19.2. The lowest BCUT2D eigenvalue weighted by molar-refractivity contribution is 0.0873. The molecule has 1 aromatic heterocycles. The van der Waals surface area contributed by atoms with Gasteiger partial charge in [0.2, 0.25) is 0 Å². The Morgan fingerprint density at radius 2 is 1.85 bits per heavy atom. The van der Waals surface area contributed by atoms with E-state index in [-0.39, 0.29) is 11.7 Å². The number of thiophene rings is 1. The van der Waals surface area contributed by atoms with Crippen molar-refractivity contribution in [3.05, 3.63) is 75.2 Å². The zero-order chi connectivity index (χ0) is 23.4. The van der Waals surface area contributed by atoms with Gasteiger partial charge in [-0.3, -0.25) is 9.59 Å². The van der Waals surface area contributed by atoms with E-state index >= 15 is 0 Å². The molecule has 1 N–H and O–H groups in total. The highest BCUT2D eigenvalue weighted by Crippen LogP contribution is 2.47. The topological polar surface area (TPSA) is 67.9 Å². The molecule has 2 atom stereocenters. The second-order valence-corrected chi connectivity index (χ2v) is 10.1. The van der Waals surface area contributed by atoms with Crippen LogP contribution in [0.15, 0.2) is 42.5 Å². The van der Waals surface area contributed by atoms with Crippen LogP contribution in [0.1, 0.15) is 61.0 Å². The molecule has 0 saturated carbocycles. The van der Waals surface area contributed by atoms with E-state index < -0.39 is 12.1 Å². The Morgan fingerprint density at radius 3 is 2.68 bits per heavy atom. The molecule has 0 fully saturated rings. The summed E-state index contributed by atoms with van der Waals surface area (Å²) in [6.07, 6.45) is 3.84. The molecule has 0 spiro atoms. The third kappa shape index (κ3) is 3.14. The van der Waals surface area contributed by atoms with Crippen LogP contribution in [-0.4, -0.2) is 32.1 Å². The van der Waals surface area contributed by atoms with E-state index in [9.17, 15) is 9.59 Å². The molecule has 3 aliphatic rings. The number of methoxy groups -OCH3 is 2. The molecule has 174 valence electrons. The third-order valence-corrected chi connectivity index (χ3v) is 8.58. The molecular weight excluding hydrogens is 448 g/mol. The lowest BCUT2D eigenvalue weighted by Gasteiger charge is -2.45. The lowest BCUT2D eigenvalue weighted by Crippen LogP contribution is -2.58. The first-order valence-electron chi connectivity index (χ1n) is 11.7. The van der Waals surface area contributed by atoms with Gasteiger partial charge in [-0.1, -0.05) is 24.3 Å². The van der Waals surface area contributed by atoms with Crippen molar-refractivity contribution >= 4 is 28.0 Å². The van der Waals surface area contributed by atoms with Crippen LogP contribution in [0.4, 0.5) is 5.00 Å². The predicted octanol–water partition coefficient (Wildman–Crippen LogP) is 4.70. The molecule has 2 unspecified atom stereocenters. The SMILES string of the molecule is COc1ccc(C(=O)C2c3ccccc3CN3c4sc5c(c4C(=O)NC23)CCCC5)cc1OC. The summed E-state index contributed by atoms with van der Waals surface area (Å²) in [6, 6.07) is 13.3. The minimum atomic E-state index is -0.528. The van der Waals surface area contributed by atoms with Crippen LogP contribution in [0.25, 0.3) is 0 Å². The molecule has 0 bridgehead atoms. The monoisotopic (exact) mass is 474 g/mol. The van der Waals surface area contributed by atoms with Gasteiger partial charge in [0.05, 0.1) is 25.7 Å². The van der Waals surface area contributed by atoms with Crippen LogP contribution in [0.5, 0.6) is 11.5 Å². The molecule has 1 amide bonds. The van der Waals surface area contributed by atoms with Crippen molar-refractivity contribution in [2.24, 2.45) is 0 Å². The Morgan fingerprint density at radius 1 is 1.06 bits per heavy atom. The minimum Gasteiger partial charge on any atom is -0.493 e. The van der Waals surface area contributed by atoms with Crippen molar-refractivity contribution in [3.8, 4) is 11.5 Å². The quantitative estimate of drug-likeness (QED) is 0.555. The number of nitrogens with zero attached hydrogens (tertiary/aromatic N) is 1. The van der Waals surface area contributed by atoms with E-state index in [0.29, 0.717) is 23.6 Å². The van der Waals surface area contributed by atoms with E-state index in [2.05, 4.69) is 16.3 Å². The number of hydrogen-bond donors (Lipinski definition) is 1. The molecule has 34 heavy (non-hydrogen) atoms. The van der Waals surface area contributed by atoms with Crippen LogP contribution in [0, 0.1) is 0 Å². The fourth-order valence-electron chi connectivity index (χ4n) is 5.62. The smallest absolute Gasteiger partial charge is 0.256 e. The Labute approximate surface area is 202 Å². The van der Waals surface area contributed by atoms with E-state index in [1.54, 1.807) is 43.8 Å². The highest BCUT2D eigenvalue weighted by atomic mass is 32.1. The molecule has 6 nitrogen and oxygen atoms in total. The highest BCUT2D eigenvalue weighted by Gasteiger charge is 2.46. The normalized spacial score (nSPS) is 20.4. The number of nitrogens with one attached hydrogen (secondary N) is 1. The molecular formula is C27H26N2O4S. The number of hydrogen-bond acceptors (Lipinski definition) is 6. The van der Waals surface area contributed by atoms with Gasteiger partial charge in [-0.05, 0) is 60.6 Å². The Balaban J connectivity index is 1.47. The average Bonchev–Trinajstić information content (AvgIpc) is 3.27. The molecule has 6 rings (SSSR count). The molecule has 0 saturated heterocycles. The second-order valence-electron chi connectivity index (χ2n) is 9.05. The Hall–Kier alpha value is -3.32. The summed E-state index contributed by atoms with van der Waals surface area (Å²) in [6.45, 7) is 0.670. The van der Waals surface area contributed by atoms with Gasteiger partial charge < -0.3 is 19.7 Å². The summed E-state index contributed by atoms with van der Waals surface area (Å²) < 4.78 is 10.8. The highest BCUT2D eigenvalue weighted by molar-refractivity contribution is 7.16. The molecule has 2 aromatic carbocycles. The van der Waals surface area contributed by atoms with Crippen molar-refractivity contribution in [2.45, 2.75) is 44.3 Å². The summed E-state index contributed by atoms with van der Waals surface area (Å²) in [5.41, 5.74) is 4.65. The van der Waals surface area contributed by atoms with Crippen LogP contribution >= 0.6 is 11.3 Å². The second kappa shape index (κ2) is 8.17. The van der Waals surface area contributed by atoms with E-state index in [1.165, 1.54) is 16.9 Å². The number of anilines is 1. The summed E-state index contributed by atoms with van der Waals surface area (Å²) in [5, 5.41) is 4.23. The van der Waals surface area contributed by atoms with Gasteiger partial charge in [-0.15, -0.1) is 11.3 Å². The number of Topliss-reactive ketones (excluding diaryl/α,β-unsaturated/α-hetero) is 1. The molecule has 1 aliphatic carbocycles. The third-order valence-electron chi connectivity index (χ3n) is 7.25. The number of ether oxygens (including phenoxy) is 2. The van der Waals surface area contributed by atoms with E-state index in [0.717, 1.165) is 41.0 Å². The molecule has 2 aliphatic heterocycles. The van der Waals surface area contributed by atoms with Gasteiger partial charge in [0.1, 0.15) is 11.2 Å². The molecule has 7 heteroatoms. The van der Waals surface area contributed by atoms with Crippen LogP contribution in [-0.2, 0) is 19.4 Å². The summed E-state index contributed by atoms with van der Waals surface area (Å²) in [4.78, 5) is 31.0. The van der Waals surface area contributed by atoms with Crippen molar-refractivity contribution in [3.63, 3.8) is 0 Å². The maximum atomic E-state index is 14.0. The van der Waals surface area contributed by atoms with Crippen molar-refractivity contribution < 1.29 is 19.1 Å². The molecule has 0 radical (unpaired) electrons. The molecule has 3 heterocycles. The summed E-state index contributed by atoms with van der Waals surface area (Å²) in [7, 11) is 3.13. The van der Waals surface area contributed by atoms with Gasteiger partial charge >= 0.3 is 0 Å². The minimum absolute atomic E-state index is 0.0480. The van der Waals surface area contributed by atoms with Gasteiger partial charge in [0, 0.05) is 17.0 Å². The predicted molar refractivity (Wildman–Crippen MR) is 131 cm³/mol. The summed E-state index contributed by atoms with van der Waals surface area (Å²) in [5.74, 6) is 0.451. The summed E-state index contributed by atoms with van der Waals surface area (Å²) >= 11 is 1.74. The van der Waals surface area contributed by atoms with E-state index in [1.807, 2.05) is 18.2 Å². The fraction of sp³-hybridized carbons (Fsp3) is 0.333. The number of benzene rings is 2. The average molecular weight is 475 g/mol. The van der Waals surface area contributed by atoms with Crippen LogP contribution < -0.4 is 19.7 Å². The van der Waals surface area contributed by atoms with Gasteiger partial charge in [0.15, 0.2) is 17.3 Å². The standard InChI is InChI=1S/C27H26N2O4S/c1-32-19-12-11-15(13-20(19)33-2)24(30)22-17-8-4-3-7-16(17)14-29-25(22)28-26(31)23-18-9-5-6-10-21(18)34-27(23)29/h3-4,7-8,11-13,22,25H,5-6,9-10,14H2,1-2H3,(H,28,31). The lowest BCUT2D eigenvalue weighted by atomic mass is 9.80. The van der Waals surface area contributed by atoms with Crippen molar-refractivity contribution in [1.82, 2.24) is 5.32 Å². The Kier molecular flexibility index (Phi) is 5.10. The number of ketones is 1. The first kappa shape index (κ1) is 21.2. The number of carbonyl (C=O) groups excluding carboxylic acids is 2. The van der Waals surface area contributed by atoms with Crippen molar-refractivity contribution in [2.75, 3.05) is 19.1 Å². The number of rotatable bonds is 4. The van der Waals surface area contributed by atoms with Crippen molar-refractivity contribution in [1.29, 1.82) is 0 Å². The number of fused-ring (bicyclic) bond motifs is 6. The van der Waals surface area contributed by atoms with Crippen LogP contribution in [0.3, 0.4) is 0 Å². The largest absolute Gasteiger partial charge is 0.493 e. The molecule has 3 aromatic rings. The number of carbonyl (C=O) groups is 2. The van der Waals surface area contributed by atoms with E-state index in [4.69, 9.17) is 9.47 Å². The van der Waals surface area contributed by atoms with Crippen LogP contribution in [0.2, 0.25) is 0 Å². The fourth-order valence-corrected chi connectivity index (χ4v) is 7.04.